The summed E-state index contributed by atoms with van der Waals surface area (Å²) in [6.45, 7) is 8.76. The number of hydrogen-bond acceptors (Lipinski definition) is 3. The van der Waals surface area contributed by atoms with Crippen LogP contribution in [0.4, 0.5) is 0 Å². The average molecular weight is 338 g/mol. The number of aryl methyl sites for hydroxylation is 2. The van der Waals surface area contributed by atoms with Gasteiger partial charge in [0.25, 0.3) is 0 Å². The smallest absolute Gasteiger partial charge is 0.119 e. The first-order valence-corrected chi connectivity index (χ1v) is 9.37. The summed E-state index contributed by atoms with van der Waals surface area (Å²) < 4.78 is 5.88. The van der Waals surface area contributed by atoms with Crippen molar-refractivity contribution in [3.8, 4) is 5.75 Å². The number of rotatable bonds is 7. The Balaban J connectivity index is 1.39. The van der Waals surface area contributed by atoms with Crippen LogP contribution >= 0.6 is 0 Å². The van der Waals surface area contributed by atoms with Crippen LogP contribution in [0.2, 0.25) is 0 Å². The number of ether oxygens (including phenoxy) is 1. The Kier molecular flexibility index (Phi) is 6.48. The molecule has 0 atom stereocenters. The molecular weight excluding hydrogens is 308 g/mol. The quantitative estimate of drug-likeness (QED) is 0.765. The van der Waals surface area contributed by atoms with Gasteiger partial charge in [-0.1, -0.05) is 42.0 Å². The van der Waals surface area contributed by atoms with Crippen molar-refractivity contribution in [2.45, 2.75) is 26.4 Å². The molecule has 0 unspecified atom stereocenters. The highest BCUT2D eigenvalue weighted by atomic mass is 16.5. The van der Waals surface area contributed by atoms with E-state index in [-0.39, 0.29) is 0 Å². The fraction of sp³-hybridized carbons (Fsp3) is 0.455. The van der Waals surface area contributed by atoms with Crippen molar-refractivity contribution in [2.24, 2.45) is 0 Å². The van der Waals surface area contributed by atoms with E-state index in [0.29, 0.717) is 6.61 Å². The lowest BCUT2D eigenvalue weighted by atomic mass is 10.1. The number of hydrogen-bond donors (Lipinski definition) is 0. The van der Waals surface area contributed by atoms with Crippen molar-refractivity contribution in [2.75, 3.05) is 39.8 Å². The van der Waals surface area contributed by atoms with Gasteiger partial charge in [-0.2, -0.15) is 0 Å². The standard InChI is InChI=1S/C22H30N2O/c1-19-5-7-21(8-6-19)18-25-22-11-9-20(10-12-22)4-3-13-24-16-14-23(2)15-17-24/h5-12H,3-4,13-18H2,1-2H3. The lowest BCUT2D eigenvalue weighted by molar-refractivity contribution is 0.153. The number of likely N-dealkylation sites (N-methyl/N-ethyl adjacent to an activating group) is 1. The zero-order valence-electron chi connectivity index (χ0n) is 15.6. The third-order valence-electron chi connectivity index (χ3n) is 4.99. The Labute approximate surface area is 152 Å². The molecule has 1 saturated heterocycles. The first kappa shape index (κ1) is 18.0. The summed E-state index contributed by atoms with van der Waals surface area (Å²) in [6.07, 6.45) is 2.37. The van der Waals surface area contributed by atoms with Gasteiger partial charge in [0.1, 0.15) is 12.4 Å². The first-order valence-electron chi connectivity index (χ1n) is 9.37. The van der Waals surface area contributed by atoms with Crippen LogP contribution in [-0.4, -0.2) is 49.6 Å². The monoisotopic (exact) mass is 338 g/mol. The molecule has 25 heavy (non-hydrogen) atoms. The van der Waals surface area contributed by atoms with Crippen LogP contribution in [-0.2, 0) is 13.0 Å². The second kappa shape index (κ2) is 9.02. The molecule has 1 aliphatic rings. The normalized spacial score (nSPS) is 16.1. The van der Waals surface area contributed by atoms with E-state index in [0.717, 1.165) is 12.2 Å². The van der Waals surface area contributed by atoms with Crippen molar-refractivity contribution in [1.29, 1.82) is 0 Å². The SMILES string of the molecule is Cc1ccc(COc2ccc(CCCN3CCN(C)CC3)cc2)cc1. The van der Waals surface area contributed by atoms with Crippen molar-refractivity contribution < 1.29 is 4.74 Å². The maximum atomic E-state index is 5.88. The van der Waals surface area contributed by atoms with E-state index in [2.05, 4.69) is 72.3 Å². The predicted octanol–water partition coefficient (Wildman–Crippen LogP) is 3.75. The third-order valence-corrected chi connectivity index (χ3v) is 4.99. The van der Waals surface area contributed by atoms with E-state index in [9.17, 15) is 0 Å². The van der Waals surface area contributed by atoms with Crippen LogP contribution in [0.1, 0.15) is 23.1 Å². The Morgan fingerprint density at radius 2 is 1.48 bits per heavy atom. The van der Waals surface area contributed by atoms with Gasteiger partial charge in [-0.3, -0.25) is 0 Å². The summed E-state index contributed by atoms with van der Waals surface area (Å²) in [5, 5.41) is 0. The van der Waals surface area contributed by atoms with E-state index < -0.39 is 0 Å². The van der Waals surface area contributed by atoms with Crippen molar-refractivity contribution in [3.63, 3.8) is 0 Å². The molecule has 0 amide bonds. The lowest BCUT2D eigenvalue weighted by Gasteiger charge is -2.32. The summed E-state index contributed by atoms with van der Waals surface area (Å²) in [6, 6.07) is 17.1. The van der Waals surface area contributed by atoms with Gasteiger partial charge in [0.05, 0.1) is 0 Å². The Morgan fingerprint density at radius 3 is 2.16 bits per heavy atom. The Hall–Kier alpha value is -1.84. The molecule has 2 aromatic carbocycles. The van der Waals surface area contributed by atoms with Gasteiger partial charge in [0, 0.05) is 26.2 Å². The van der Waals surface area contributed by atoms with Gasteiger partial charge in [-0.05, 0) is 56.6 Å². The molecule has 0 spiro atoms. The van der Waals surface area contributed by atoms with Gasteiger partial charge < -0.3 is 14.5 Å². The largest absolute Gasteiger partial charge is 0.489 e. The predicted molar refractivity (Wildman–Crippen MR) is 104 cm³/mol. The van der Waals surface area contributed by atoms with E-state index >= 15 is 0 Å². The highest BCUT2D eigenvalue weighted by Crippen LogP contribution is 2.16. The molecular formula is C22H30N2O. The van der Waals surface area contributed by atoms with Gasteiger partial charge in [0.15, 0.2) is 0 Å². The van der Waals surface area contributed by atoms with Crippen LogP contribution in [0, 0.1) is 6.92 Å². The Bertz CT molecular complexity index is 628. The third kappa shape index (κ3) is 5.87. The molecule has 3 heteroatoms. The minimum Gasteiger partial charge on any atom is -0.489 e. The molecule has 0 N–H and O–H groups in total. The van der Waals surface area contributed by atoms with E-state index in [1.807, 2.05) is 0 Å². The fourth-order valence-corrected chi connectivity index (χ4v) is 3.18. The number of piperazine rings is 1. The van der Waals surface area contributed by atoms with E-state index in [4.69, 9.17) is 4.74 Å². The fourth-order valence-electron chi connectivity index (χ4n) is 3.18. The molecule has 3 nitrogen and oxygen atoms in total. The molecule has 0 radical (unpaired) electrons. The molecule has 134 valence electrons. The van der Waals surface area contributed by atoms with Gasteiger partial charge in [-0.15, -0.1) is 0 Å². The minimum atomic E-state index is 0.628. The van der Waals surface area contributed by atoms with Crippen LogP contribution in [0.15, 0.2) is 48.5 Å². The molecule has 0 saturated carbocycles. The van der Waals surface area contributed by atoms with Gasteiger partial charge in [-0.25, -0.2) is 0 Å². The van der Waals surface area contributed by atoms with Crippen LogP contribution < -0.4 is 4.74 Å². The highest BCUT2D eigenvalue weighted by molar-refractivity contribution is 5.28. The maximum Gasteiger partial charge on any atom is 0.119 e. The van der Waals surface area contributed by atoms with Gasteiger partial charge >= 0.3 is 0 Å². The molecule has 1 heterocycles. The summed E-state index contributed by atoms with van der Waals surface area (Å²) in [5.74, 6) is 0.948. The molecule has 0 aliphatic carbocycles. The molecule has 2 aromatic rings. The summed E-state index contributed by atoms with van der Waals surface area (Å²) in [5.41, 5.74) is 3.89. The van der Waals surface area contributed by atoms with Crippen LogP contribution in [0.3, 0.4) is 0 Å². The van der Waals surface area contributed by atoms with Crippen LogP contribution in [0.25, 0.3) is 0 Å². The van der Waals surface area contributed by atoms with Gasteiger partial charge in [0.2, 0.25) is 0 Å². The summed E-state index contributed by atoms with van der Waals surface area (Å²) >= 11 is 0. The molecule has 1 fully saturated rings. The number of nitrogens with zero attached hydrogens (tertiary/aromatic N) is 2. The van der Waals surface area contributed by atoms with Crippen molar-refractivity contribution in [1.82, 2.24) is 9.80 Å². The van der Waals surface area contributed by atoms with Crippen LogP contribution in [0.5, 0.6) is 5.75 Å². The zero-order valence-corrected chi connectivity index (χ0v) is 15.6. The maximum absolute atomic E-state index is 5.88. The topological polar surface area (TPSA) is 15.7 Å². The molecule has 1 aliphatic heterocycles. The Morgan fingerprint density at radius 1 is 0.840 bits per heavy atom. The summed E-state index contributed by atoms with van der Waals surface area (Å²) in [4.78, 5) is 4.99. The molecule has 0 aromatic heterocycles. The van der Waals surface area contributed by atoms with E-state index in [1.165, 1.54) is 55.8 Å². The first-order chi connectivity index (χ1) is 12.2. The molecule has 3 rings (SSSR count). The zero-order chi connectivity index (χ0) is 17.5. The highest BCUT2D eigenvalue weighted by Gasteiger charge is 2.12. The number of benzene rings is 2. The second-order valence-electron chi connectivity index (χ2n) is 7.17. The van der Waals surface area contributed by atoms with Crippen molar-refractivity contribution in [3.05, 3.63) is 65.2 Å². The lowest BCUT2D eigenvalue weighted by Crippen LogP contribution is -2.44. The van der Waals surface area contributed by atoms with Crippen molar-refractivity contribution >= 4 is 0 Å². The van der Waals surface area contributed by atoms with E-state index in [1.54, 1.807) is 0 Å². The molecule has 0 bridgehead atoms. The summed E-state index contributed by atoms with van der Waals surface area (Å²) in [7, 11) is 2.21. The minimum absolute atomic E-state index is 0.628. The average Bonchev–Trinajstić information content (AvgIpc) is 2.64. The second-order valence-corrected chi connectivity index (χ2v) is 7.17.